The maximum atomic E-state index is 15.4. The van der Waals surface area contributed by atoms with Gasteiger partial charge < -0.3 is 4.74 Å². The Morgan fingerprint density at radius 2 is 1.83 bits per heavy atom. The fraction of sp³-hybridized carbons (Fsp3) is 0.286. The summed E-state index contributed by atoms with van der Waals surface area (Å²) in [6.07, 6.45) is 0.907. The third-order valence-electron chi connectivity index (χ3n) is 6.05. The van der Waals surface area contributed by atoms with Crippen LogP contribution in [0.1, 0.15) is 36.4 Å². The van der Waals surface area contributed by atoms with Crippen LogP contribution in [0.5, 0.6) is 5.75 Å². The van der Waals surface area contributed by atoms with Crippen LogP contribution in [-0.4, -0.2) is 20.7 Å². The Labute approximate surface area is 213 Å². The molecule has 4 rings (SSSR count). The summed E-state index contributed by atoms with van der Waals surface area (Å²) in [5, 5.41) is 5.47. The average molecular weight is 508 g/mol. The second-order valence-electron chi connectivity index (χ2n) is 9.16. The van der Waals surface area contributed by atoms with Gasteiger partial charge in [0.1, 0.15) is 11.5 Å². The van der Waals surface area contributed by atoms with Gasteiger partial charge in [0.05, 0.1) is 17.0 Å². The summed E-state index contributed by atoms with van der Waals surface area (Å²) in [4.78, 5) is 30.2. The highest BCUT2D eigenvalue weighted by Crippen LogP contribution is 2.37. The zero-order chi connectivity index (χ0) is 26.1. The van der Waals surface area contributed by atoms with Crippen molar-refractivity contribution in [2.24, 2.45) is 13.0 Å². The average Bonchev–Trinajstić information content (AvgIpc) is 2.83. The summed E-state index contributed by atoms with van der Waals surface area (Å²) in [6, 6.07) is 12.6. The van der Waals surface area contributed by atoms with Crippen molar-refractivity contribution >= 4 is 28.5 Å². The summed E-state index contributed by atoms with van der Waals surface area (Å²) in [5.41, 5.74) is 2.99. The zero-order valence-electron chi connectivity index (χ0n) is 20.9. The van der Waals surface area contributed by atoms with Crippen molar-refractivity contribution in [3.8, 4) is 16.9 Å². The molecule has 0 aliphatic heterocycles. The van der Waals surface area contributed by atoms with Crippen molar-refractivity contribution < 1.29 is 13.9 Å². The molecule has 36 heavy (non-hydrogen) atoms. The molecule has 0 fully saturated rings. The highest BCUT2D eigenvalue weighted by Gasteiger charge is 2.26. The smallest absolute Gasteiger partial charge is 0.313 e. The number of ether oxygens (including phenoxy) is 1. The molecule has 186 valence electrons. The van der Waals surface area contributed by atoms with E-state index in [0.717, 1.165) is 26.8 Å². The maximum absolute atomic E-state index is 15.4. The molecule has 2 aromatic carbocycles. The minimum atomic E-state index is -0.628. The van der Waals surface area contributed by atoms with Crippen molar-refractivity contribution in [1.29, 1.82) is 0 Å². The van der Waals surface area contributed by atoms with Gasteiger partial charge in [-0.3, -0.25) is 14.6 Å². The Balaban J connectivity index is 1.82. The first kappa shape index (κ1) is 25.5. The monoisotopic (exact) mass is 507 g/mol. The van der Waals surface area contributed by atoms with E-state index in [1.807, 2.05) is 37.3 Å². The first-order valence-electron chi connectivity index (χ1n) is 11.7. The lowest BCUT2D eigenvalue weighted by Gasteiger charge is -2.18. The maximum Gasteiger partial charge on any atom is 0.313 e. The molecule has 4 aromatic rings. The van der Waals surface area contributed by atoms with E-state index < -0.39 is 23.3 Å². The van der Waals surface area contributed by atoms with Gasteiger partial charge in [0, 0.05) is 28.7 Å². The van der Waals surface area contributed by atoms with Crippen LogP contribution in [0.25, 0.3) is 22.0 Å². The number of rotatable bonds is 6. The normalized spacial score (nSPS) is 11.3. The predicted octanol–water partition coefficient (Wildman–Crippen LogP) is 5.75. The highest BCUT2D eigenvalue weighted by atomic mass is 35.5. The van der Waals surface area contributed by atoms with Crippen molar-refractivity contribution in [2.75, 3.05) is 0 Å². The number of esters is 1. The molecule has 0 aliphatic rings. The fourth-order valence-electron chi connectivity index (χ4n) is 4.13. The van der Waals surface area contributed by atoms with E-state index in [9.17, 15) is 9.59 Å². The van der Waals surface area contributed by atoms with E-state index in [1.165, 1.54) is 19.2 Å². The van der Waals surface area contributed by atoms with Crippen LogP contribution in [0, 0.1) is 25.6 Å². The molecule has 0 saturated carbocycles. The van der Waals surface area contributed by atoms with E-state index in [1.54, 1.807) is 20.8 Å². The lowest BCUT2D eigenvalue weighted by atomic mass is 9.94. The van der Waals surface area contributed by atoms with E-state index in [0.29, 0.717) is 29.1 Å². The van der Waals surface area contributed by atoms with Crippen LogP contribution in [0.15, 0.2) is 47.3 Å². The Bertz CT molecular complexity index is 1550. The zero-order valence-corrected chi connectivity index (χ0v) is 21.6. The topological polar surface area (TPSA) is 74.1 Å². The van der Waals surface area contributed by atoms with E-state index in [2.05, 4.69) is 10.1 Å². The SMILES string of the molecule is Cc1ccc2cc(CCc3c(Cl)ccc(F)c3-c3c(OC(=O)C(C)C)c(C)nn(C)c3=O)ccc2n1. The first-order chi connectivity index (χ1) is 17.1. The van der Waals surface area contributed by atoms with Gasteiger partial charge in [0.15, 0.2) is 5.75 Å². The largest absolute Gasteiger partial charge is 0.423 e. The minimum Gasteiger partial charge on any atom is -0.423 e. The summed E-state index contributed by atoms with van der Waals surface area (Å²) in [5.74, 6) is -1.67. The third kappa shape index (κ3) is 5.02. The molecule has 6 nitrogen and oxygen atoms in total. The number of carbonyl (C=O) groups excluding carboxylic acids is 1. The van der Waals surface area contributed by atoms with Gasteiger partial charge >= 0.3 is 5.97 Å². The molecule has 2 aromatic heterocycles. The fourth-order valence-corrected chi connectivity index (χ4v) is 4.38. The standard InChI is InChI=1S/C28H27ClFN3O3/c1-15(2)28(35)36-26-17(4)32-33(5)27(34)25(26)24-20(21(29)11-12-22(24)30)10-7-18-8-13-23-19(14-18)9-6-16(3)31-23/h6,8-9,11-15H,7,10H2,1-5H3. The number of hydrogen-bond donors (Lipinski definition) is 0. The van der Waals surface area contributed by atoms with Crippen molar-refractivity contribution in [3.63, 3.8) is 0 Å². The Hall–Kier alpha value is -3.58. The highest BCUT2D eigenvalue weighted by molar-refractivity contribution is 6.31. The molecule has 0 bridgehead atoms. The van der Waals surface area contributed by atoms with Gasteiger partial charge in [-0.15, -0.1) is 0 Å². The number of aryl methyl sites for hydroxylation is 4. The number of pyridine rings is 1. The van der Waals surface area contributed by atoms with Crippen molar-refractivity contribution in [1.82, 2.24) is 14.8 Å². The summed E-state index contributed by atoms with van der Waals surface area (Å²) >= 11 is 6.56. The third-order valence-corrected chi connectivity index (χ3v) is 6.40. The van der Waals surface area contributed by atoms with Crippen molar-refractivity contribution in [3.05, 3.63) is 86.2 Å². The van der Waals surface area contributed by atoms with Gasteiger partial charge in [-0.05, 0) is 68.1 Å². The Kier molecular flexibility index (Phi) is 7.22. The lowest BCUT2D eigenvalue weighted by molar-refractivity contribution is -0.137. The molecule has 0 radical (unpaired) electrons. The molecule has 0 saturated heterocycles. The number of nitrogens with zero attached hydrogens (tertiary/aromatic N) is 3. The molecule has 0 unspecified atom stereocenters. The Morgan fingerprint density at radius 3 is 2.56 bits per heavy atom. The molecule has 8 heteroatoms. The summed E-state index contributed by atoms with van der Waals surface area (Å²) < 4.78 is 22.1. The van der Waals surface area contributed by atoms with E-state index >= 15 is 4.39 Å². The minimum absolute atomic E-state index is 0.0261. The number of hydrogen-bond acceptors (Lipinski definition) is 5. The molecule has 0 aliphatic carbocycles. The second-order valence-corrected chi connectivity index (χ2v) is 9.56. The number of benzene rings is 2. The van der Waals surface area contributed by atoms with E-state index in [-0.39, 0.29) is 16.9 Å². The number of aromatic nitrogens is 3. The summed E-state index contributed by atoms with van der Waals surface area (Å²) in [6.45, 7) is 6.91. The Morgan fingerprint density at radius 1 is 1.08 bits per heavy atom. The molecule has 2 heterocycles. The molecule has 0 N–H and O–H groups in total. The number of halogens is 2. The van der Waals surface area contributed by atoms with E-state index in [4.69, 9.17) is 16.3 Å². The number of fused-ring (bicyclic) bond motifs is 1. The van der Waals surface area contributed by atoms with Crippen LogP contribution in [0.3, 0.4) is 0 Å². The molecular weight excluding hydrogens is 481 g/mol. The molecular formula is C28H27ClFN3O3. The predicted molar refractivity (Wildman–Crippen MR) is 139 cm³/mol. The van der Waals surface area contributed by atoms with Gasteiger partial charge in [0.2, 0.25) is 0 Å². The van der Waals surface area contributed by atoms with Crippen LogP contribution in [0.2, 0.25) is 5.02 Å². The quantitative estimate of drug-likeness (QED) is 0.311. The van der Waals surface area contributed by atoms with Crippen molar-refractivity contribution in [2.45, 2.75) is 40.5 Å². The first-order valence-corrected chi connectivity index (χ1v) is 12.1. The van der Waals surface area contributed by atoms with Crippen LogP contribution >= 0.6 is 11.6 Å². The van der Waals surface area contributed by atoms with Crippen LogP contribution in [-0.2, 0) is 24.7 Å². The lowest BCUT2D eigenvalue weighted by Crippen LogP contribution is -2.26. The molecule has 0 spiro atoms. The molecule has 0 amide bonds. The van der Waals surface area contributed by atoms with Crippen LogP contribution < -0.4 is 10.3 Å². The number of carbonyl (C=O) groups is 1. The summed E-state index contributed by atoms with van der Waals surface area (Å²) in [7, 11) is 1.47. The second kappa shape index (κ2) is 10.2. The van der Waals surface area contributed by atoms with Crippen LogP contribution in [0.4, 0.5) is 4.39 Å². The van der Waals surface area contributed by atoms with Gasteiger partial charge in [-0.2, -0.15) is 5.10 Å². The van der Waals surface area contributed by atoms with Gasteiger partial charge in [-0.1, -0.05) is 37.6 Å². The van der Waals surface area contributed by atoms with Gasteiger partial charge in [-0.25, -0.2) is 9.07 Å². The molecule has 0 atom stereocenters. The van der Waals surface area contributed by atoms with Gasteiger partial charge in [0.25, 0.3) is 5.56 Å².